The van der Waals surface area contributed by atoms with E-state index >= 15 is 0 Å². The van der Waals surface area contributed by atoms with Crippen LogP contribution in [0, 0.1) is 5.82 Å². The van der Waals surface area contributed by atoms with Gasteiger partial charge in [0, 0.05) is 12.7 Å². The molecule has 3 rings (SSSR count). The van der Waals surface area contributed by atoms with Crippen molar-refractivity contribution in [2.75, 3.05) is 7.11 Å². The molecule has 6 nitrogen and oxygen atoms in total. The van der Waals surface area contributed by atoms with Gasteiger partial charge < -0.3 is 14.4 Å². The molecule has 0 saturated carbocycles. The molecule has 2 heterocycles. The minimum Gasteiger partial charge on any atom is -0.494 e. The molecule has 0 fully saturated rings. The zero-order valence-electron chi connectivity index (χ0n) is 12.6. The van der Waals surface area contributed by atoms with Crippen molar-refractivity contribution >= 4 is 17.1 Å². The second-order valence-corrected chi connectivity index (χ2v) is 4.87. The summed E-state index contributed by atoms with van der Waals surface area (Å²) in [5.74, 6) is -1.09. The topological polar surface area (TPSA) is 77.2 Å². The summed E-state index contributed by atoms with van der Waals surface area (Å²) in [6, 6.07) is 6.23. The van der Waals surface area contributed by atoms with Crippen LogP contribution in [0.3, 0.4) is 0 Å². The van der Waals surface area contributed by atoms with Crippen molar-refractivity contribution in [1.29, 1.82) is 0 Å². The van der Waals surface area contributed by atoms with Crippen molar-refractivity contribution in [3.63, 3.8) is 0 Å². The fourth-order valence-electron chi connectivity index (χ4n) is 2.47. The molecule has 0 aliphatic carbocycles. The van der Waals surface area contributed by atoms with Gasteiger partial charge in [-0.05, 0) is 25.1 Å². The number of hydrogen-bond donors (Lipinski definition) is 1. The lowest BCUT2D eigenvalue weighted by atomic mass is 10.2. The standard InChI is InChI=1S/C16H14FN3O3/c1-3-20-14(10-5-4-6-12(23-2)13(10)17)19-11-7-9(16(21)22)8-18-15(11)20/h4-8H,3H2,1-2H3,(H,21,22). The van der Waals surface area contributed by atoms with Gasteiger partial charge in [0.2, 0.25) is 0 Å². The summed E-state index contributed by atoms with van der Waals surface area (Å²) in [5, 5.41) is 9.06. The number of ether oxygens (including phenoxy) is 1. The molecule has 0 aliphatic heterocycles. The second-order valence-electron chi connectivity index (χ2n) is 4.87. The molecule has 7 heteroatoms. The zero-order chi connectivity index (χ0) is 16.6. The maximum atomic E-state index is 14.5. The number of carboxylic acid groups (broad SMARTS) is 1. The lowest BCUT2D eigenvalue weighted by Gasteiger charge is -2.08. The molecule has 23 heavy (non-hydrogen) atoms. The third-order valence-corrected chi connectivity index (χ3v) is 3.57. The molecule has 0 saturated heterocycles. The number of rotatable bonds is 4. The molecule has 2 aromatic heterocycles. The first kappa shape index (κ1) is 15.0. The lowest BCUT2D eigenvalue weighted by Crippen LogP contribution is -2.02. The summed E-state index contributed by atoms with van der Waals surface area (Å²) < 4.78 is 21.3. The average Bonchev–Trinajstić information content (AvgIpc) is 2.92. The fraction of sp³-hybridized carbons (Fsp3) is 0.188. The second kappa shape index (κ2) is 5.68. The van der Waals surface area contributed by atoms with Gasteiger partial charge in [-0.1, -0.05) is 6.07 Å². The van der Waals surface area contributed by atoms with Gasteiger partial charge in [0.05, 0.1) is 18.2 Å². The van der Waals surface area contributed by atoms with Crippen LogP contribution in [-0.2, 0) is 6.54 Å². The Morgan fingerprint density at radius 3 is 2.87 bits per heavy atom. The summed E-state index contributed by atoms with van der Waals surface area (Å²) >= 11 is 0. The number of halogens is 1. The number of aromatic nitrogens is 3. The first-order valence-electron chi connectivity index (χ1n) is 6.99. The van der Waals surface area contributed by atoms with Crippen molar-refractivity contribution in [1.82, 2.24) is 14.5 Å². The highest BCUT2D eigenvalue weighted by molar-refractivity contribution is 5.91. The van der Waals surface area contributed by atoms with Crippen LogP contribution in [0.1, 0.15) is 17.3 Å². The molecule has 0 aliphatic rings. The van der Waals surface area contributed by atoms with E-state index in [-0.39, 0.29) is 16.9 Å². The summed E-state index contributed by atoms with van der Waals surface area (Å²) in [7, 11) is 1.39. The first-order valence-corrected chi connectivity index (χ1v) is 6.99. The Hall–Kier alpha value is -2.96. The van der Waals surface area contributed by atoms with Gasteiger partial charge in [-0.25, -0.2) is 19.2 Å². The van der Waals surface area contributed by atoms with Gasteiger partial charge in [-0.15, -0.1) is 0 Å². The predicted molar refractivity (Wildman–Crippen MR) is 82.1 cm³/mol. The Morgan fingerprint density at radius 1 is 1.43 bits per heavy atom. The van der Waals surface area contributed by atoms with Crippen LogP contribution < -0.4 is 4.74 Å². The molecule has 0 atom stereocenters. The zero-order valence-corrected chi connectivity index (χ0v) is 12.6. The quantitative estimate of drug-likeness (QED) is 0.801. The molecular weight excluding hydrogens is 301 g/mol. The molecule has 1 N–H and O–H groups in total. The number of imidazole rings is 1. The number of hydrogen-bond acceptors (Lipinski definition) is 4. The van der Waals surface area contributed by atoms with E-state index in [9.17, 15) is 9.18 Å². The third kappa shape index (κ3) is 2.40. The Balaban J connectivity index is 2.27. The Kier molecular flexibility index (Phi) is 3.69. The molecule has 0 amide bonds. The third-order valence-electron chi connectivity index (χ3n) is 3.57. The van der Waals surface area contributed by atoms with Crippen LogP contribution >= 0.6 is 0 Å². The Bertz CT molecular complexity index is 905. The van der Waals surface area contributed by atoms with Crippen molar-refractivity contribution in [2.45, 2.75) is 13.5 Å². The van der Waals surface area contributed by atoms with Crippen molar-refractivity contribution in [3.8, 4) is 17.1 Å². The molecule has 0 spiro atoms. The van der Waals surface area contributed by atoms with E-state index in [1.165, 1.54) is 25.4 Å². The van der Waals surface area contributed by atoms with Crippen LogP contribution in [0.2, 0.25) is 0 Å². The fourth-order valence-corrected chi connectivity index (χ4v) is 2.47. The van der Waals surface area contributed by atoms with E-state index in [2.05, 4.69) is 9.97 Å². The Labute approximate surface area is 131 Å². The SMILES string of the molecule is CCn1c(-c2cccc(OC)c2F)nc2cc(C(=O)O)cnc21. The van der Waals surface area contributed by atoms with E-state index in [0.29, 0.717) is 23.5 Å². The number of aromatic carboxylic acids is 1. The number of aryl methyl sites for hydroxylation is 1. The largest absolute Gasteiger partial charge is 0.494 e. The maximum absolute atomic E-state index is 14.5. The first-order chi connectivity index (χ1) is 11.1. The number of carbonyl (C=O) groups is 1. The van der Waals surface area contributed by atoms with E-state index in [1.54, 1.807) is 16.7 Å². The smallest absolute Gasteiger partial charge is 0.337 e. The molecule has 0 unspecified atom stereocenters. The van der Waals surface area contributed by atoms with Gasteiger partial charge in [0.1, 0.15) is 11.3 Å². The van der Waals surface area contributed by atoms with E-state index in [1.807, 2.05) is 6.92 Å². The van der Waals surface area contributed by atoms with Crippen molar-refractivity contribution in [2.24, 2.45) is 0 Å². The van der Waals surface area contributed by atoms with Gasteiger partial charge in [-0.2, -0.15) is 0 Å². The highest BCUT2D eigenvalue weighted by atomic mass is 19.1. The van der Waals surface area contributed by atoms with Gasteiger partial charge in [-0.3, -0.25) is 0 Å². The van der Waals surface area contributed by atoms with E-state index in [0.717, 1.165) is 0 Å². The summed E-state index contributed by atoms with van der Waals surface area (Å²) in [5.41, 5.74) is 1.23. The van der Waals surface area contributed by atoms with Crippen molar-refractivity contribution < 1.29 is 19.0 Å². The summed E-state index contributed by atoms with van der Waals surface area (Å²) in [6.45, 7) is 2.40. The number of fused-ring (bicyclic) bond motifs is 1. The molecule has 118 valence electrons. The molecule has 3 aromatic rings. The highest BCUT2D eigenvalue weighted by Gasteiger charge is 2.19. The highest BCUT2D eigenvalue weighted by Crippen LogP contribution is 2.30. The molecule has 0 radical (unpaired) electrons. The van der Waals surface area contributed by atoms with Crippen LogP contribution in [-0.4, -0.2) is 32.7 Å². The number of nitrogens with zero attached hydrogens (tertiary/aromatic N) is 3. The number of carboxylic acids is 1. The molecular formula is C16H14FN3O3. The van der Waals surface area contributed by atoms with Crippen molar-refractivity contribution in [3.05, 3.63) is 41.8 Å². The van der Waals surface area contributed by atoms with E-state index in [4.69, 9.17) is 9.84 Å². The van der Waals surface area contributed by atoms with Crippen LogP contribution in [0.5, 0.6) is 5.75 Å². The average molecular weight is 315 g/mol. The van der Waals surface area contributed by atoms with Crippen LogP contribution in [0.4, 0.5) is 4.39 Å². The molecule has 1 aromatic carbocycles. The number of benzene rings is 1. The molecule has 0 bridgehead atoms. The lowest BCUT2D eigenvalue weighted by molar-refractivity contribution is 0.0696. The Morgan fingerprint density at radius 2 is 2.22 bits per heavy atom. The maximum Gasteiger partial charge on any atom is 0.337 e. The normalized spacial score (nSPS) is 10.9. The van der Waals surface area contributed by atoms with Gasteiger partial charge in [0.15, 0.2) is 17.2 Å². The monoisotopic (exact) mass is 315 g/mol. The predicted octanol–water partition coefficient (Wildman–Crippen LogP) is 2.96. The summed E-state index contributed by atoms with van der Waals surface area (Å²) in [4.78, 5) is 19.6. The minimum absolute atomic E-state index is 0.0379. The summed E-state index contributed by atoms with van der Waals surface area (Å²) in [6.07, 6.45) is 1.27. The van der Waals surface area contributed by atoms with Gasteiger partial charge in [0.25, 0.3) is 0 Å². The number of pyridine rings is 1. The van der Waals surface area contributed by atoms with Crippen LogP contribution in [0.25, 0.3) is 22.6 Å². The minimum atomic E-state index is -1.08. The number of methoxy groups -OCH3 is 1. The van der Waals surface area contributed by atoms with Gasteiger partial charge >= 0.3 is 5.97 Å². The van der Waals surface area contributed by atoms with Crippen LogP contribution in [0.15, 0.2) is 30.5 Å². The van der Waals surface area contributed by atoms with E-state index < -0.39 is 11.8 Å².